The first kappa shape index (κ1) is 23.4. The number of hydrogen-bond acceptors (Lipinski definition) is 4. The molecule has 3 aliphatic rings. The van der Waals surface area contributed by atoms with Gasteiger partial charge in [-0.1, -0.05) is 47.0 Å². The first-order chi connectivity index (χ1) is 15.0. The van der Waals surface area contributed by atoms with Gasteiger partial charge in [-0.05, 0) is 88.7 Å². The maximum Gasteiger partial charge on any atom is 0.282 e. The fourth-order valence-corrected chi connectivity index (χ4v) is 6.93. The van der Waals surface area contributed by atoms with Crippen LogP contribution in [-0.2, 0) is 6.42 Å². The molecule has 0 spiro atoms. The second-order valence-electron chi connectivity index (χ2n) is 9.82. The number of nitrogens with zero attached hydrogens (tertiary/aromatic N) is 2. The molecule has 1 atom stereocenters. The van der Waals surface area contributed by atoms with Crippen molar-refractivity contribution in [2.45, 2.75) is 82.6 Å². The highest BCUT2D eigenvalue weighted by atomic mass is 79.9. The molecule has 3 fully saturated rings. The maximum atomic E-state index is 12.6. The number of carbonyl (C=O) groups excluding carboxylic acids is 1. The smallest absolute Gasteiger partial charge is 0.282 e. The largest absolute Gasteiger partial charge is 0.491 e. The summed E-state index contributed by atoms with van der Waals surface area (Å²) in [6.45, 7) is 8.47. The monoisotopic (exact) mass is 508 g/mol. The van der Waals surface area contributed by atoms with E-state index in [1.165, 1.54) is 55.0 Å². The zero-order chi connectivity index (χ0) is 21.8. The summed E-state index contributed by atoms with van der Waals surface area (Å²) in [6.07, 6.45) is 10.1. The van der Waals surface area contributed by atoms with Crippen LogP contribution in [0.25, 0.3) is 0 Å². The molecule has 0 N–H and O–H groups in total. The Morgan fingerprint density at radius 3 is 2.58 bits per heavy atom. The number of hydrogen-bond donors (Lipinski definition) is 0. The molecule has 1 amide bonds. The van der Waals surface area contributed by atoms with Crippen LogP contribution in [0.15, 0.2) is 22.7 Å². The Labute approximate surface area is 200 Å². The summed E-state index contributed by atoms with van der Waals surface area (Å²) in [4.78, 5) is 17.4. The molecule has 2 heterocycles. The molecule has 1 unspecified atom stereocenters. The van der Waals surface area contributed by atoms with E-state index in [0.29, 0.717) is 16.5 Å². The minimum atomic E-state index is 0.201. The van der Waals surface area contributed by atoms with E-state index in [1.807, 2.05) is 6.07 Å². The number of thioether (sulfide) groups is 1. The molecule has 2 saturated heterocycles. The van der Waals surface area contributed by atoms with E-state index in [0.717, 1.165) is 44.3 Å². The van der Waals surface area contributed by atoms with E-state index in [-0.39, 0.29) is 6.10 Å². The minimum absolute atomic E-state index is 0.201. The van der Waals surface area contributed by atoms with E-state index >= 15 is 0 Å². The molecule has 1 aromatic rings. The first-order valence-electron chi connectivity index (χ1n) is 12.1. The van der Waals surface area contributed by atoms with Crippen molar-refractivity contribution in [1.82, 2.24) is 9.80 Å². The predicted octanol–water partition coefficient (Wildman–Crippen LogP) is 6.36. The standard InChI is InChI=1S/C25H37BrN2O2S/c1-18(2)30-22-8-9-24(26)20(15-22)14-19-10-12-27(13-11-19)16-23-17-28(25(29)31-23)21-6-4-3-5-7-21/h8-9,15,18-19,21,23H,3-7,10-14,16-17H2,1-2H3. The van der Waals surface area contributed by atoms with E-state index < -0.39 is 0 Å². The van der Waals surface area contributed by atoms with E-state index in [4.69, 9.17) is 4.74 Å². The summed E-state index contributed by atoms with van der Waals surface area (Å²) < 4.78 is 7.08. The lowest BCUT2D eigenvalue weighted by Gasteiger charge is -2.34. The van der Waals surface area contributed by atoms with E-state index in [9.17, 15) is 4.79 Å². The maximum absolute atomic E-state index is 12.6. The summed E-state index contributed by atoms with van der Waals surface area (Å²) in [6, 6.07) is 6.89. The van der Waals surface area contributed by atoms with Gasteiger partial charge in [-0.3, -0.25) is 4.79 Å². The van der Waals surface area contributed by atoms with Gasteiger partial charge in [0.15, 0.2) is 0 Å². The van der Waals surface area contributed by atoms with Gasteiger partial charge in [-0.15, -0.1) is 0 Å². The van der Waals surface area contributed by atoms with Crippen LogP contribution < -0.4 is 4.74 Å². The zero-order valence-corrected chi connectivity index (χ0v) is 21.4. The normalized spacial score (nSPS) is 24.3. The number of likely N-dealkylation sites (tertiary alicyclic amines) is 1. The molecule has 6 heteroatoms. The second-order valence-corrected chi connectivity index (χ2v) is 11.9. The van der Waals surface area contributed by atoms with Gasteiger partial charge in [0.25, 0.3) is 5.24 Å². The van der Waals surface area contributed by atoms with E-state index in [1.54, 1.807) is 11.8 Å². The third-order valence-corrected chi connectivity index (χ3v) is 8.83. The molecule has 4 rings (SSSR count). The summed E-state index contributed by atoms with van der Waals surface area (Å²) in [5, 5.41) is 0.783. The molecule has 4 nitrogen and oxygen atoms in total. The second kappa shape index (κ2) is 10.9. The molecule has 172 valence electrons. The Morgan fingerprint density at radius 1 is 1.13 bits per heavy atom. The average Bonchev–Trinajstić information content (AvgIpc) is 3.12. The number of carbonyl (C=O) groups is 1. The molecule has 1 aliphatic carbocycles. The third kappa shape index (κ3) is 6.42. The summed E-state index contributed by atoms with van der Waals surface area (Å²) in [5.41, 5.74) is 1.36. The van der Waals surface area contributed by atoms with Crippen molar-refractivity contribution in [3.05, 3.63) is 28.2 Å². The van der Waals surface area contributed by atoms with Crippen molar-refractivity contribution in [2.24, 2.45) is 5.92 Å². The van der Waals surface area contributed by atoms with Gasteiger partial charge in [0.05, 0.1) is 6.10 Å². The fraction of sp³-hybridized carbons (Fsp3) is 0.720. The van der Waals surface area contributed by atoms with Crippen molar-refractivity contribution < 1.29 is 9.53 Å². The van der Waals surface area contributed by atoms with Crippen LogP contribution in [0.1, 0.15) is 64.4 Å². The SMILES string of the molecule is CC(C)Oc1ccc(Br)c(CC2CCN(CC3CN(C4CCCCC4)C(=O)S3)CC2)c1. The van der Waals surface area contributed by atoms with Gasteiger partial charge in [-0.2, -0.15) is 0 Å². The van der Waals surface area contributed by atoms with Crippen molar-refractivity contribution in [3.8, 4) is 5.75 Å². The van der Waals surface area contributed by atoms with Crippen LogP contribution in [0.3, 0.4) is 0 Å². The lowest BCUT2D eigenvalue weighted by molar-refractivity contribution is 0.164. The van der Waals surface area contributed by atoms with Gasteiger partial charge in [0, 0.05) is 28.9 Å². The number of benzene rings is 1. The van der Waals surface area contributed by atoms with Crippen molar-refractivity contribution in [2.75, 3.05) is 26.2 Å². The Kier molecular flexibility index (Phi) is 8.27. The topological polar surface area (TPSA) is 32.8 Å². The molecule has 2 aliphatic heterocycles. The third-order valence-electron chi connectivity index (χ3n) is 6.98. The molecular weight excluding hydrogens is 472 g/mol. The summed E-state index contributed by atoms with van der Waals surface area (Å²) >= 11 is 5.33. The zero-order valence-electron chi connectivity index (χ0n) is 19.0. The Bertz CT molecular complexity index is 745. The van der Waals surface area contributed by atoms with Gasteiger partial charge in [0.1, 0.15) is 5.75 Å². The number of ether oxygens (including phenoxy) is 1. The summed E-state index contributed by atoms with van der Waals surface area (Å²) in [5.74, 6) is 1.69. The van der Waals surface area contributed by atoms with Gasteiger partial charge in [0.2, 0.25) is 0 Å². The lowest BCUT2D eigenvalue weighted by atomic mass is 9.90. The quantitative estimate of drug-likeness (QED) is 0.428. The highest BCUT2D eigenvalue weighted by Crippen LogP contribution is 2.34. The summed E-state index contributed by atoms with van der Waals surface area (Å²) in [7, 11) is 0. The molecular formula is C25H37BrN2O2S. The Hall–Kier alpha value is -0.720. The highest BCUT2D eigenvalue weighted by Gasteiger charge is 2.36. The Morgan fingerprint density at radius 2 is 1.87 bits per heavy atom. The molecule has 31 heavy (non-hydrogen) atoms. The number of halogens is 1. The lowest BCUT2D eigenvalue weighted by Crippen LogP contribution is -2.41. The van der Waals surface area contributed by atoms with Crippen LogP contribution in [0, 0.1) is 5.92 Å². The van der Waals surface area contributed by atoms with E-state index in [2.05, 4.69) is 51.7 Å². The predicted molar refractivity (Wildman–Crippen MR) is 133 cm³/mol. The average molecular weight is 510 g/mol. The van der Waals surface area contributed by atoms with Crippen LogP contribution in [0.4, 0.5) is 4.79 Å². The number of rotatable bonds is 7. The highest BCUT2D eigenvalue weighted by molar-refractivity contribution is 9.10. The van der Waals surface area contributed by atoms with Crippen LogP contribution in [0.5, 0.6) is 5.75 Å². The molecule has 0 aromatic heterocycles. The molecule has 1 saturated carbocycles. The van der Waals surface area contributed by atoms with Crippen molar-refractivity contribution in [1.29, 1.82) is 0 Å². The first-order valence-corrected chi connectivity index (χ1v) is 13.8. The van der Waals surface area contributed by atoms with Crippen LogP contribution >= 0.6 is 27.7 Å². The van der Waals surface area contributed by atoms with Gasteiger partial charge >= 0.3 is 0 Å². The molecule has 0 radical (unpaired) electrons. The number of piperidine rings is 1. The minimum Gasteiger partial charge on any atom is -0.491 e. The van der Waals surface area contributed by atoms with Gasteiger partial charge in [-0.25, -0.2) is 0 Å². The van der Waals surface area contributed by atoms with Crippen molar-refractivity contribution in [3.63, 3.8) is 0 Å². The van der Waals surface area contributed by atoms with Crippen LogP contribution in [-0.4, -0.2) is 58.6 Å². The van der Waals surface area contributed by atoms with Gasteiger partial charge < -0.3 is 14.5 Å². The molecule has 1 aromatic carbocycles. The Balaban J connectivity index is 1.24. The van der Waals surface area contributed by atoms with Crippen LogP contribution in [0.2, 0.25) is 0 Å². The number of amides is 1. The fourth-order valence-electron chi connectivity index (χ4n) is 5.35. The molecule has 0 bridgehead atoms. The van der Waals surface area contributed by atoms with Crippen molar-refractivity contribution >= 4 is 32.9 Å².